The molecule has 4 rings (SSSR count). The summed E-state index contributed by atoms with van der Waals surface area (Å²) in [4.78, 5) is 15.2. The predicted molar refractivity (Wildman–Crippen MR) is 114 cm³/mol. The number of nitrogens with one attached hydrogen (secondary N) is 1. The highest BCUT2D eigenvalue weighted by Crippen LogP contribution is 2.24. The topological polar surface area (TPSA) is 112 Å². The van der Waals surface area contributed by atoms with Gasteiger partial charge in [-0.15, -0.1) is 0 Å². The Bertz CT molecular complexity index is 945. The van der Waals surface area contributed by atoms with Gasteiger partial charge in [-0.25, -0.2) is 4.98 Å². The first-order chi connectivity index (χ1) is 13.7. The van der Waals surface area contributed by atoms with Crippen molar-refractivity contribution in [1.29, 1.82) is 5.41 Å². The van der Waals surface area contributed by atoms with E-state index in [0.29, 0.717) is 17.0 Å². The van der Waals surface area contributed by atoms with Gasteiger partial charge < -0.3 is 15.7 Å². The molecule has 0 radical (unpaired) electrons. The molecule has 1 fully saturated rings. The van der Waals surface area contributed by atoms with E-state index in [1.54, 1.807) is 24.8 Å². The minimum atomic E-state index is 0. The van der Waals surface area contributed by atoms with Crippen LogP contribution in [0.25, 0.3) is 11.3 Å². The quantitative estimate of drug-likeness (QED) is 0.602. The Hall–Kier alpha value is -3.32. The fraction of sp³-hybridized carbons (Fsp3) is 0.238. The first-order valence-electron chi connectivity index (χ1n) is 9.13. The number of aliphatic hydroxyl groups excluding tert-OH is 1. The van der Waals surface area contributed by atoms with Crippen molar-refractivity contribution in [2.75, 3.05) is 30.8 Å². The number of aromatic nitrogens is 3. The molecular formula is C21H26N6O. The van der Waals surface area contributed by atoms with Crippen molar-refractivity contribution in [2.24, 2.45) is 0 Å². The fourth-order valence-corrected chi connectivity index (χ4v) is 3.20. The molecule has 4 N–H and O–H groups in total. The minimum absolute atomic E-state index is 0. The predicted octanol–water partition coefficient (Wildman–Crippen LogP) is 2.99. The van der Waals surface area contributed by atoms with Crippen LogP contribution in [0.5, 0.6) is 0 Å². The summed E-state index contributed by atoms with van der Waals surface area (Å²) in [5, 5.41) is 15.7. The van der Waals surface area contributed by atoms with Gasteiger partial charge in [0.15, 0.2) is 0 Å². The van der Waals surface area contributed by atoms with E-state index in [0.717, 1.165) is 42.8 Å². The number of aliphatic hydroxyl groups is 1. The second kappa shape index (κ2) is 9.05. The van der Waals surface area contributed by atoms with E-state index >= 15 is 0 Å². The molecule has 1 aliphatic heterocycles. The molecule has 146 valence electrons. The summed E-state index contributed by atoms with van der Waals surface area (Å²) in [6, 6.07) is 9.48. The molecule has 3 aromatic heterocycles. The lowest BCUT2D eigenvalue weighted by atomic mass is 10.0. The van der Waals surface area contributed by atoms with Crippen LogP contribution in [0.3, 0.4) is 0 Å². The summed E-state index contributed by atoms with van der Waals surface area (Å²) >= 11 is 0. The van der Waals surface area contributed by atoms with Crippen molar-refractivity contribution in [3.8, 4) is 11.3 Å². The van der Waals surface area contributed by atoms with Gasteiger partial charge in [0, 0.05) is 56.9 Å². The zero-order valence-electron chi connectivity index (χ0n) is 15.8. The van der Waals surface area contributed by atoms with Crippen molar-refractivity contribution < 1.29 is 6.53 Å². The molecule has 0 bridgehead atoms. The Morgan fingerprint density at radius 3 is 2.61 bits per heavy atom. The molecule has 0 amide bonds. The van der Waals surface area contributed by atoms with Crippen LogP contribution in [0.2, 0.25) is 0 Å². The van der Waals surface area contributed by atoms with Gasteiger partial charge in [-0.2, -0.15) is 0 Å². The van der Waals surface area contributed by atoms with E-state index in [1.165, 1.54) is 12.8 Å². The summed E-state index contributed by atoms with van der Waals surface area (Å²) < 4.78 is 0. The molecule has 4 heterocycles. The van der Waals surface area contributed by atoms with Crippen molar-refractivity contribution in [2.45, 2.75) is 12.8 Å². The van der Waals surface area contributed by atoms with Crippen molar-refractivity contribution in [3.63, 3.8) is 0 Å². The largest absolute Gasteiger partial charge is 0.400 e. The normalized spacial score (nSPS) is 13.0. The molecule has 0 aliphatic carbocycles. The van der Waals surface area contributed by atoms with E-state index in [2.05, 4.69) is 19.9 Å². The van der Waals surface area contributed by atoms with Gasteiger partial charge >= 0.3 is 0 Å². The number of pyridine rings is 3. The van der Waals surface area contributed by atoms with E-state index in [9.17, 15) is 0 Å². The summed E-state index contributed by atoms with van der Waals surface area (Å²) in [5.74, 6) is 0.921. The van der Waals surface area contributed by atoms with Crippen LogP contribution < -0.4 is 10.6 Å². The highest BCUT2D eigenvalue weighted by atomic mass is 16.2. The molecule has 0 unspecified atom stereocenters. The lowest BCUT2D eigenvalue weighted by Gasteiger charge is -2.17. The smallest absolute Gasteiger partial charge is 0.129 e. The number of nitrogen functional groups attached to an aromatic ring is 1. The van der Waals surface area contributed by atoms with E-state index in [1.807, 2.05) is 30.3 Å². The third-order valence-electron chi connectivity index (χ3n) is 4.63. The molecule has 28 heavy (non-hydrogen) atoms. The Labute approximate surface area is 165 Å². The van der Waals surface area contributed by atoms with Gasteiger partial charge in [-0.1, -0.05) is 0 Å². The van der Waals surface area contributed by atoms with Crippen LogP contribution in [0, 0.1) is 5.41 Å². The van der Waals surface area contributed by atoms with Crippen LogP contribution in [0.1, 0.15) is 25.4 Å². The second-order valence-electron chi connectivity index (χ2n) is 6.37. The molecule has 0 saturated carbocycles. The SMILES string of the molecule is CO.N=C(c1ccnc(N2CCCC2)c1)c1cc(-c2cccnc2)ncc1N.[HH]. The van der Waals surface area contributed by atoms with Crippen LogP contribution >= 0.6 is 0 Å². The fourth-order valence-electron chi connectivity index (χ4n) is 3.20. The van der Waals surface area contributed by atoms with Crippen LogP contribution in [0.15, 0.2) is 55.1 Å². The van der Waals surface area contributed by atoms with Crippen LogP contribution in [0.4, 0.5) is 11.5 Å². The maximum absolute atomic E-state index is 8.67. The maximum atomic E-state index is 8.67. The van der Waals surface area contributed by atoms with Crippen LogP contribution in [-0.2, 0) is 0 Å². The lowest BCUT2D eigenvalue weighted by molar-refractivity contribution is 0.399. The van der Waals surface area contributed by atoms with Gasteiger partial charge in [-0.05, 0) is 43.2 Å². The highest BCUT2D eigenvalue weighted by molar-refractivity contribution is 6.14. The second-order valence-corrected chi connectivity index (χ2v) is 6.37. The zero-order valence-corrected chi connectivity index (χ0v) is 15.8. The highest BCUT2D eigenvalue weighted by Gasteiger charge is 2.16. The number of nitrogens with two attached hydrogens (primary N) is 1. The van der Waals surface area contributed by atoms with E-state index < -0.39 is 0 Å². The maximum Gasteiger partial charge on any atom is 0.129 e. The van der Waals surface area contributed by atoms with Gasteiger partial charge in [-0.3, -0.25) is 15.4 Å². The Morgan fingerprint density at radius 2 is 1.89 bits per heavy atom. The summed E-state index contributed by atoms with van der Waals surface area (Å²) in [7, 11) is 1.00. The number of hydrogen-bond donors (Lipinski definition) is 3. The van der Waals surface area contributed by atoms with Gasteiger partial charge in [0.1, 0.15) is 5.82 Å². The van der Waals surface area contributed by atoms with Crippen molar-refractivity contribution >= 4 is 17.2 Å². The zero-order chi connectivity index (χ0) is 19.9. The average Bonchev–Trinajstić information content (AvgIpc) is 3.31. The van der Waals surface area contributed by atoms with Crippen LogP contribution in [-0.4, -0.2) is 46.0 Å². The molecule has 0 aromatic carbocycles. The number of hydrogen-bond acceptors (Lipinski definition) is 7. The number of rotatable bonds is 4. The van der Waals surface area contributed by atoms with E-state index in [4.69, 9.17) is 16.2 Å². The standard InChI is InChI=1S/C20H20N6.CH4O.H2/c21-17-13-25-18(15-4-3-6-23-12-15)11-16(17)20(22)14-5-7-24-19(10-14)26-8-1-2-9-26;1-2;/h3-7,10-13,22H,1-2,8-9,21H2;2H,1H3;1H. The lowest BCUT2D eigenvalue weighted by Crippen LogP contribution is -2.19. The summed E-state index contributed by atoms with van der Waals surface area (Å²) in [6.07, 6.45) is 9.22. The Kier molecular flexibility index (Phi) is 6.29. The molecule has 7 heteroatoms. The van der Waals surface area contributed by atoms with E-state index in [-0.39, 0.29) is 1.43 Å². The number of anilines is 2. The first-order valence-corrected chi connectivity index (χ1v) is 9.13. The molecule has 0 spiro atoms. The monoisotopic (exact) mass is 378 g/mol. The van der Waals surface area contributed by atoms with Gasteiger partial charge in [0.25, 0.3) is 0 Å². The minimum Gasteiger partial charge on any atom is -0.400 e. The molecule has 3 aromatic rings. The molecule has 7 nitrogen and oxygen atoms in total. The third-order valence-corrected chi connectivity index (χ3v) is 4.63. The average molecular weight is 378 g/mol. The number of nitrogens with zero attached hydrogens (tertiary/aromatic N) is 4. The van der Waals surface area contributed by atoms with Gasteiger partial charge in [0.05, 0.1) is 23.3 Å². The molecular weight excluding hydrogens is 352 g/mol. The molecule has 1 aliphatic rings. The van der Waals surface area contributed by atoms with Gasteiger partial charge in [0.2, 0.25) is 0 Å². The molecule has 1 saturated heterocycles. The molecule has 0 atom stereocenters. The van der Waals surface area contributed by atoms with Crippen molar-refractivity contribution in [1.82, 2.24) is 15.0 Å². The summed E-state index contributed by atoms with van der Waals surface area (Å²) in [5.41, 5.74) is 10.1. The Morgan fingerprint density at radius 1 is 1.11 bits per heavy atom. The summed E-state index contributed by atoms with van der Waals surface area (Å²) in [6.45, 7) is 2.04. The Balaban J connectivity index is 0.000000970. The van der Waals surface area contributed by atoms with Crippen molar-refractivity contribution in [3.05, 3.63) is 66.2 Å². The first kappa shape index (κ1) is 19.4. The third kappa shape index (κ3) is 4.15.